The monoisotopic (exact) mass is 351 g/mol. The molecule has 0 bridgehead atoms. The van der Waals surface area contributed by atoms with Crippen molar-refractivity contribution in [3.8, 4) is 0 Å². The Morgan fingerprint density at radius 1 is 1.30 bits per heavy atom. The molecule has 8 heteroatoms. The molecule has 0 saturated heterocycles. The number of benzene rings is 1. The van der Waals surface area contributed by atoms with Crippen LogP contribution in [0.3, 0.4) is 0 Å². The first-order chi connectivity index (χ1) is 10.9. The predicted molar refractivity (Wildman–Crippen MR) is 92.3 cm³/mol. The summed E-state index contributed by atoms with van der Waals surface area (Å²) in [7, 11) is 0. The number of hydrogen-bond acceptors (Lipinski definition) is 4. The maximum atomic E-state index is 12.1. The SMILES string of the molecule is CC(C)n1cc2nc(NCc3ccc(Cl)c(Cl)c3)[nH]c(=O)c2n1. The summed E-state index contributed by atoms with van der Waals surface area (Å²) in [4.78, 5) is 19.2. The highest BCUT2D eigenvalue weighted by Crippen LogP contribution is 2.22. The zero-order valence-electron chi connectivity index (χ0n) is 12.6. The van der Waals surface area contributed by atoms with Crippen LogP contribution in [0.5, 0.6) is 0 Å². The minimum Gasteiger partial charge on any atom is -0.352 e. The Hall–Kier alpha value is -2.05. The van der Waals surface area contributed by atoms with Crippen molar-refractivity contribution in [2.24, 2.45) is 0 Å². The lowest BCUT2D eigenvalue weighted by Gasteiger charge is -2.06. The number of fused-ring (bicyclic) bond motifs is 1. The van der Waals surface area contributed by atoms with E-state index in [1.807, 2.05) is 19.9 Å². The van der Waals surface area contributed by atoms with Gasteiger partial charge < -0.3 is 5.32 Å². The van der Waals surface area contributed by atoms with Crippen molar-refractivity contribution in [3.05, 3.63) is 50.4 Å². The zero-order valence-corrected chi connectivity index (χ0v) is 14.1. The van der Waals surface area contributed by atoms with Gasteiger partial charge in [0, 0.05) is 12.6 Å². The maximum Gasteiger partial charge on any atom is 0.280 e. The Morgan fingerprint density at radius 3 is 2.78 bits per heavy atom. The Kier molecular flexibility index (Phi) is 4.28. The molecule has 1 aromatic carbocycles. The number of nitrogens with one attached hydrogen (secondary N) is 2. The number of aromatic amines is 1. The summed E-state index contributed by atoms with van der Waals surface area (Å²) in [6.07, 6.45) is 1.76. The third kappa shape index (κ3) is 3.33. The molecule has 120 valence electrons. The van der Waals surface area contributed by atoms with Gasteiger partial charge in [-0.25, -0.2) is 4.98 Å². The van der Waals surface area contributed by atoms with Crippen LogP contribution in [0, 0.1) is 0 Å². The highest BCUT2D eigenvalue weighted by Gasteiger charge is 2.10. The van der Waals surface area contributed by atoms with E-state index >= 15 is 0 Å². The molecule has 2 heterocycles. The van der Waals surface area contributed by atoms with Gasteiger partial charge in [0.05, 0.1) is 16.2 Å². The summed E-state index contributed by atoms with van der Waals surface area (Å²) in [6.45, 7) is 4.44. The highest BCUT2D eigenvalue weighted by molar-refractivity contribution is 6.42. The Morgan fingerprint density at radius 2 is 2.09 bits per heavy atom. The van der Waals surface area contributed by atoms with E-state index in [4.69, 9.17) is 23.2 Å². The molecule has 0 amide bonds. The summed E-state index contributed by atoms with van der Waals surface area (Å²) in [6, 6.07) is 5.52. The van der Waals surface area contributed by atoms with Gasteiger partial charge in [0.1, 0.15) is 5.52 Å². The van der Waals surface area contributed by atoms with Gasteiger partial charge >= 0.3 is 0 Å². The third-order valence-electron chi connectivity index (χ3n) is 3.36. The van der Waals surface area contributed by atoms with Crippen LogP contribution in [-0.2, 0) is 6.54 Å². The molecule has 0 aliphatic heterocycles. The molecule has 0 fully saturated rings. The van der Waals surface area contributed by atoms with Crippen molar-refractivity contribution in [2.45, 2.75) is 26.4 Å². The van der Waals surface area contributed by atoms with Crippen molar-refractivity contribution >= 4 is 40.2 Å². The minimum absolute atomic E-state index is 0.163. The Balaban J connectivity index is 1.85. The first kappa shape index (κ1) is 15.8. The van der Waals surface area contributed by atoms with E-state index in [9.17, 15) is 4.79 Å². The van der Waals surface area contributed by atoms with Crippen molar-refractivity contribution in [1.29, 1.82) is 0 Å². The van der Waals surface area contributed by atoms with E-state index in [2.05, 4.69) is 20.4 Å². The van der Waals surface area contributed by atoms with E-state index < -0.39 is 0 Å². The molecule has 23 heavy (non-hydrogen) atoms. The molecule has 0 saturated carbocycles. The van der Waals surface area contributed by atoms with Gasteiger partial charge in [-0.3, -0.25) is 14.5 Å². The summed E-state index contributed by atoms with van der Waals surface area (Å²) >= 11 is 11.9. The molecule has 0 radical (unpaired) electrons. The standard InChI is InChI=1S/C15H15Cl2N5O/c1-8(2)22-7-12-13(21-22)14(23)20-15(19-12)18-6-9-3-4-10(16)11(17)5-9/h3-5,7-8H,6H2,1-2H3,(H2,18,19,20,23). The molecule has 3 rings (SSSR count). The number of hydrogen-bond donors (Lipinski definition) is 2. The van der Waals surface area contributed by atoms with Crippen LogP contribution >= 0.6 is 23.2 Å². The van der Waals surface area contributed by atoms with E-state index in [1.165, 1.54) is 0 Å². The average Bonchev–Trinajstić information content (AvgIpc) is 2.93. The van der Waals surface area contributed by atoms with Crippen molar-refractivity contribution in [3.63, 3.8) is 0 Å². The fraction of sp³-hybridized carbons (Fsp3) is 0.267. The minimum atomic E-state index is -0.272. The number of aromatic nitrogens is 4. The quantitative estimate of drug-likeness (QED) is 0.752. The van der Waals surface area contributed by atoms with Crippen LogP contribution in [0.15, 0.2) is 29.2 Å². The molecule has 0 unspecified atom stereocenters. The van der Waals surface area contributed by atoms with E-state index in [-0.39, 0.29) is 11.6 Å². The molecule has 0 spiro atoms. The smallest absolute Gasteiger partial charge is 0.280 e. The normalized spacial score (nSPS) is 11.3. The number of H-pyrrole nitrogens is 1. The Bertz CT molecular complexity index is 916. The van der Waals surface area contributed by atoms with Crippen LogP contribution < -0.4 is 10.9 Å². The molecule has 0 aliphatic carbocycles. The van der Waals surface area contributed by atoms with Crippen LogP contribution in [0.2, 0.25) is 10.0 Å². The van der Waals surface area contributed by atoms with Gasteiger partial charge in [-0.05, 0) is 31.5 Å². The van der Waals surface area contributed by atoms with Crippen LogP contribution in [0.4, 0.5) is 5.95 Å². The summed E-state index contributed by atoms with van der Waals surface area (Å²) < 4.78 is 1.72. The van der Waals surface area contributed by atoms with Gasteiger partial charge in [0.2, 0.25) is 5.95 Å². The number of nitrogens with zero attached hydrogens (tertiary/aromatic N) is 3. The van der Waals surface area contributed by atoms with E-state index in [1.54, 1.807) is 23.0 Å². The van der Waals surface area contributed by atoms with Gasteiger partial charge in [-0.15, -0.1) is 0 Å². The molecule has 2 N–H and O–H groups in total. The summed E-state index contributed by atoms with van der Waals surface area (Å²) in [5, 5.41) is 8.31. The molecular formula is C15H15Cl2N5O. The van der Waals surface area contributed by atoms with Crippen LogP contribution in [0.25, 0.3) is 11.0 Å². The highest BCUT2D eigenvalue weighted by atomic mass is 35.5. The first-order valence-corrected chi connectivity index (χ1v) is 7.86. The fourth-order valence-corrected chi connectivity index (χ4v) is 2.45. The lowest BCUT2D eigenvalue weighted by atomic mass is 10.2. The topological polar surface area (TPSA) is 75.6 Å². The van der Waals surface area contributed by atoms with Crippen molar-refractivity contribution in [1.82, 2.24) is 19.7 Å². The lowest BCUT2D eigenvalue weighted by Crippen LogP contribution is -2.13. The van der Waals surface area contributed by atoms with Crippen LogP contribution in [-0.4, -0.2) is 19.7 Å². The average molecular weight is 352 g/mol. The molecule has 2 aromatic heterocycles. The number of anilines is 1. The third-order valence-corrected chi connectivity index (χ3v) is 4.10. The molecule has 6 nitrogen and oxygen atoms in total. The summed E-state index contributed by atoms with van der Waals surface area (Å²) in [5.41, 5.74) is 1.55. The second kappa shape index (κ2) is 6.22. The lowest BCUT2D eigenvalue weighted by molar-refractivity contribution is 0.537. The number of rotatable bonds is 4. The second-order valence-corrected chi connectivity index (χ2v) is 6.27. The van der Waals surface area contributed by atoms with Crippen LogP contribution in [0.1, 0.15) is 25.5 Å². The van der Waals surface area contributed by atoms with Crippen molar-refractivity contribution < 1.29 is 0 Å². The zero-order chi connectivity index (χ0) is 16.6. The summed E-state index contributed by atoms with van der Waals surface area (Å²) in [5.74, 6) is 0.386. The van der Waals surface area contributed by atoms with Gasteiger partial charge in [-0.1, -0.05) is 29.3 Å². The van der Waals surface area contributed by atoms with E-state index in [0.717, 1.165) is 5.56 Å². The predicted octanol–water partition coefficient (Wildman–Crippen LogP) is 3.62. The largest absolute Gasteiger partial charge is 0.352 e. The molecule has 0 aliphatic rings. The van der Waals surface area contributed by atoms with Gasteiger partial charge in [0.15, 0.2) is 5.52 Å². The van der Waals surface area contributed by atoms with Gasteiger partial charge in [-0.2, -0.15) is 5.10 Å². The Labute approximate surface area is 142 Å². The maximum absolute atomic E-state index is 12.1. The second-order valence-electron chi connectivity index (χ2n) is 5.45. The molecule has 3 aromatic rings. The van der Waals surface area contributed by atoms with Gasteiger partial charge in [0.25, 0.3) is 5.56 Å². The number of halogens is 2. The molecule has 0 atom stereocenters. The van der Waals surface area contributed by atoms with Crippen molar-refractivity contribution in [2.75, 3.05) is 5.32 Å². The first-order valence-electron chi connectivity index (χ1n) is 7.11. The molecular weight excluding hydrogens is 337 g/mol. The van der Waals surface area contributed by atoms with E-state index in [0.29, 0.717) is 33.6 Å². The fourth-order valence-electron chi connectivity index (χ4n) is 2.12.